The number of anilines is 1. The van der Waals surface area contributed by atoms with Crippen molar-refractivity contribution in [3.63, 3.8) is 0 Å². The van der Waals surface area contributed by atoms with Crippen LogP contribution in [0.5, 0.6) is 0 Å². The Labute approximate surface area is 188 Å². The van der Waals surface area contributed by atoms with E-state index in [1.54, 1.807) is 4.52 Å². The number of sulfonamides is 1. The first-order valence-electron chi connectivity index (χ1n) is 10.3. The van der Waals surface area contributed by atoms with E-state index in [1.165, 1.54) is 12.1 Å². The van der Waals surface area contributed by atoms with Gasteiger partial charge in [0, 0.05) is 37.6 Å². The van der Waals surface area contributed by atoms with Crippen LogP contribution >= 0.6 is 0 Å². The van der Waals surface area contributed by atoms with E-state index in [2.05, 4.69) is 5.10 Å². The highest BCUT2D eigenvalue weighted by Gasteiger charge is 2.39. The van der Waals surface area contributed by atoms with E-state index in [0.29, 0.717) is 24.6 Å². The zero-order valence-electron chi connectivity index (χ0n) is 17.6. The average Bonchev–Trinajstić information content (AvgIpc) is 3.18. The van der Waals surface area contributed by atoms with Crippen molar-refractivity contribution in [3.05, 3.63) is 65.9 Å². The molecule has 1 saturated heterocycles. The van der Waals surface area contributed by atoms with Crippen LogP contribution in [0.4, 0.5) is 19.0 Å². The van der Waals surface area contributed by atoms with Gasteiger partial charge in [-0.1, -0.05) is 24.3 Å². The number of aryl methyl sites for hydroxylation is 1. The first-order valence-corrected chi connectivity index (χ1v) is 11.8. The third-order valence-corrected chi connectivity index (χ3v) is 7.71. The summed E-state index contributed by atoms with van der Waals surface area (Å²) in [6, 6.07) is 13.8. The lowest BCUT2D eigenvalue weighted by Gasteiger charge is -2.35. The molecule has 0 unspecified atom stereocenters. The fourth-order valence-corrected chi connectivity index (χ4v) is 5.84. The molecule has 0 amide bonds. The highest BCUT2D eigenvalue weighted by atomic mass is 32.2. The number of nitrogens with zero attached hydrogens (tertiary/aromatic N) is 5. The monoisotopic (exact) mass is 475 g/mol. The van der Waals surface area contributed by atoms with E-state index in [4.69, 9.17) is 4.98 Å². The second-order valence-corrected chi connectivity index (χ2v) is 9.80. The van der Waals surface area contributed by atoms with Gasteiger partial charge in [-0.15, -0.1) is 0 Å². The molecule has 4 aromatic rings. The molecular formula is C22H20F3N5O2S. The maximum absolute atomic E-state index is 13.4. The number of hydrogen-bond donors (Lipinski definition) is 0. The minimum atomic E-state index is -4.76. The second-order valence-electron chi connectivity index (χ2n) is 7.89. The van der Waals surface area contributed by atoms with Crippen LogP contribution in [-0.4, -0.2) is 53.5 Å². The molecule has 0 saturated carbocycles. The summed E-state index contributed by atoms with van der Waals surface area (Å²) in [5, 5.41) is 5.36. The molecule has 1 fully saturated rings. The topological polar surface area (TPSA) is 70.8 Å². The molecule has 33 heavy (non-hydrogen) atoms. The maximum Gasteiger partial charge on any atom is 0.417 e. The van der Waals surface area contributed by atoms with Gasteiger partial charge in [-0.05, 0) is 31.2 Å². The van der Waals surface area contributed by atoms with Crippen LogP contribution in [0.2, 0.25) is 0 Å². The third kappa shape index (κ3) is 3.70. The Bertz CT molecular complexity index is 1460. The van der Waals surface area contributed by atoms with E-state index in [-0.39, 0.29) is 13.1 Å². The van der Waals surface area contributed by atoms with Gasteiger partial charge in [0.05, 0.1) is 21.7 Å². The van der Waals surface area contributed by atoms with Gasteiger partial charge >= 0.3 is 6.18 Å². The molecule has 2 aromatic carbocycles. The van der Waals surface area contributed by atoms with E-state index < -0.39 is 26.7 Å². The molecule has 7 nitrogen and oxygen atoms in total. The van der Waals surface area contributed by atoms with Gasteiger partial charge in [0.15, 0.2) is 5.65 Å². The summed E-state index contributed by atoms with van der Waals surface area (Å²) >= 11 is 0. The van der Waals surface area contributed by atoms with E-state index in [1.807, 2.05) is 42.2 Å². The van der Waals surface area contributed by atoms with Gasteiger partial charge in [0.1, 0.15) is 5.82 Å². The number of benzene rings is 2. The molecule has 1 aliphatic heterocycles. The molecule has 172 valence electrons. The molecule has 0 N–H and O–H groups in total. The lowest BCUT2D eigenvalue weighted by atomic mass is 10.2. The fraction of sp³-hybridized carbons (Fsp3) is 0.273. The van der Waals surface area contributed by atoms with Crippen molar-refractivity contribution in [1.29, 1.82) is 0 Å². The molecule has 11 heteroatoms. The number of halogens is 3. The summed E-state index contributed by atoms with van der Waals surface area (Å²) in [4.78, 5) is 6.00. The highest BCUT2D eigenvalue weighted by molar-refractivity contribution is 7.89. The summed E-state index contributed by atoms with van der Waals surface area (Å²) in [5.74, 6) is 0.700. The molecule has 0 bridgehead atoms. The van der Waals surface area contributed by atoms with Crippen molar-refractivity contribution < 1.29 is 21.6 Å². The van der Waals surface area contributed by atoms with Crippen molar-refractivity contribution in [2.24, 2.45) is 0 Å². The second kappa shape index (κ2) is 7.70. The van der Waals surface area contributed by atoms with Gasteiger partial charge in [0.25, 0.3) is 0 Å². The zero-order valence-corrected chi connectivity index (χ0v) is 18.4. The maximum atomic E-state index is 13.4. The molecule has 0 aliphatic carbocycles. The fourth-order valence-electron chi connectivity index (χ4n) is 4.21. The molecule has 5 rings (SSSR count). The molecular weight excluding hydrogens is 455 g/mol. The predicted octanol–water partition coefficient (Wildman–Crippen LogP) is 3.72. The standard InChI is InChI=1S/C22H20F3N5O2S/c1-15-14-20-26-21(16-6-2-4-8-18(16)30(20)27-15)28-10-12-29(13-11-28)33(31,32)19-9-5-3-7-17(19)22(23,24)25/h2-9,14H,10-13H2,1H3. The van der Waals surface area contributed by atoms with Crippen LogP contribution < -0.4 is 4.90 Å². The van der Waals surface area contributed by atoms with Gasteiger partial charge in [-0.2, -0.15) is 22.6 Å². The number of rotatable bonds is 3. The zero-order chi connectivity index (χ0) is 23.4. The van der Waals surface area contributed by atoms with E-state index >= 15 is 0 Å². The normalized spacial score (nSPS) is 16.1. The van der Waals surface area contributed by atoms with Crippen molar-refractivity contribution in [2.75, 3.05) is 31.1 Å². The summed E-state index contributed by atoms with van der Waals surface area (Å²) < 4.78 is 69.2. The molecule has 3 heterocycles. The van der Waals surface area contributed by atoms with Crippen LogP contribution in [-0.2, 0) is 16.2 Å². The van der Waals surface area contributed by atoms with Crippen molar-refractivity contribution >= 4 is 32.4 Å². The van der Waals surface area contributed by atoms with Gasteiger partial charge in [0.2, 0.25) is 10.0 Å². The Morgan fingerprint density at radius 3 is 2.33 bits per heavy atom. The van der Waals surface area contributed by atoms with Crippen LogP contribution in [0.25, 0.3) is 16.6 Å². The quantitative estimate of drug-likeness (QED) is 0.452. The Morgan fingerprint density at radius 2 is 1.61 bits per heavy atom. The molecule has 0 spiro atoms. The number of para-hydroxylation sites is 1. The van der Waals surface area contributed by atoms with Crippen LogP contribution in [0, 0.1) is 6.92 Å². The molecule has 0 radical (unpaired) electrons. The third-order valence-electron chi connectivity index (χ3n) is 5.75. The van der Waals surface area contributed by atoms with Crippen molar-refractivity contribution in [1.82, 2.24) is 18.9 Å². The molecule has 1 aliphatic rings. The van der Waals surface area contributed by atoms with Gasteiger partial charge in [-0.3, -0.25) is 0 Å². The first-order chi connectivity index (χ1) is 15.7. The number of hydrogen-bond acceptors (Lipinski definition) is 5. The SMILES string of the molecule is Cc1cc2nc(N3CCN(S(=O)(=O)c4ccccc4C(F)(F)F)CC3)c3ccccc3n2n1. The number of aromatic nitrogens is 3. The lowest BCUT2D eigenvalue weighted by Crippen LogP contribution is -2.49. The van der Waals surface area contributed by atoms with Gasteiger partial charge in [-0.25, -0.2) is 17.9 Å². The summed E-state index contributed by atoms with van der Waals surface area (Å²) in [6.07, 6.45) is -4.76. The number of piperazine rings is 1. The van der Waals surface area contributed by atoms with E-state index in [0.717, 1.165) is 33.0 Å². The Morgan fingerprint density at radius 1 is 0.939 bits per heavy atom. The van der Waals surface area contributed by atoms with Crippen LogP contribution in [0.3, 0.4) is 0 Å². The molecule has 0 atom stereocenters. The lowest BCUT2D eigenvalue weighted by molar-refractivity contribution is -0.139. The summed E-state index contributed by atoms with van der Waals surface area (Å²) in [5.41, 5.74) is 1.22. The predicted molar refractivity (Wildman–Crippen MR) is 118 cm³/mol. The van der Waals surface area contributed by atoms with Crippen molar-refractivity contribution in [2.45, 2.75) is 18.0 Å². The number of alkyl halides is 3. The van der Waals surface area contributed by atoms with Crippen molar-refractivity contribution in [3.8, 4) is 0 Å². The summed E-state index contributed by atoms with van der Waals surface area (Å²) in [6.45, 7) is 2.58. The van der Waals surface area contributed by atoms with E-state index in [9.17, 15) is 21.6 Å². The smallest absolute Gasteiger partial charge is 0.353 e. The molecule has 2 aromatic heterocycles. The Kier molecular flexibility index (Phi) is 5.05. The Balaban J connectivity index is 1.46. The largest absolute Gasteiger partial charge is 0.417 e. The number of fused-ring (bicyclic) bond motifs is 3. The highest BCUT2D eigenvalue weighted by Crippen LogP contribution is 2.35. The van der Waals surface area contributed by atoms with Gasteiger partial charge < -0.3 is 4.90 Å². The average molecular weight is 475 g/mol. The minimum Gasteiger partial charge on any atom is -0.353 e. The Hall–Kier alpha value is -3.18. The minimum absolute atomic E-state index is 0.0496. The van der Waals surface area contributed by atoms with Crippen LogP contribution in [0.15, 0.2) is 59.5 Å². The summed E-state index contributed by atoms with van der Waals surface area (Å²) in [7, 11) is -4.30. The first kappa shape index (κ1) is 21.7. The van der Waals surface area contributed by atoms with Crippen LogP contribution in [0.1, 0.15) is 11.3 Å².